The number of anilines is 1. The minimum absolute atomic E-state index is 0.478. The second-order valence-corrected chi connectivity index (χ2v) is 5.52. The fourth-order valence-corrected chi connectivity index (χ4v) is 2.54. The van der Waals surface area contributed by atoms with Crippen LogP contribution in [0.2, 0.25) is 0 Å². The molecule has 100 valence electrons. The Labute approximate surface area is 110 Å². The van der Waals surface area contributed by atoms with Gasteiger partial charge in [0.25, 0.3) is 0 Å². The van der Waals surface area contributed by atoms with Crippen LogP contribution in [0.25, 0.3) is 0 Å². The molecule has 1 aliphatic rings. The van der Waals surface area contributed by atoms with Gasteiger partial charge < -0.3 is 10.2 Å². The van der Waals surface area contributed by atoms with E-state index in [4.69, 9.17) is 0 Å². The van der Waals surface area contributed by atoms with Crippen LogP contribution >= 0.6 is 0 Å². The van der Waals surface area contributed by atoms with E-state index in [0.29, 0.717) is 6.04 Å². The summed E-state index contributed by atoms with van der Waals surface area (Å²) in [5, 5.41) is 3.57. The third kappa shape index (κ3) is 3.19. The van der Waals surface area contributed by atoms with E-state index >= 15 is 0 Å². The number of aromatic nitrogens is 2. The number of nitrogens with zero attached hydrogens (tertiary/aromatic N) is 3. The first kappa shape index (κ1) is 13.3. The molecule has 0 aliphatic carbocycles. The summed E-state index contributed by atoms with van der Waals surface area (Å²) >= 11 is 0. The van der Waals surface area contributed by atoms with Gasteiger partial charge in [0, 0.05) is 17.8 Å². The van der Waals surface area contributed by atoms with Crippen molar-refractivity contribution in [3.8, 4) is 0 Å². The molecular weight excluding hydrogens is 224 g/mol. The molecule has 1 atom stereocenters. The fourth-order valence-electron chi connectivity index (χ4n) is 2.54. The average Bonchev–Trinajstić information content (AvgIpc) is 2.34. The lowest BCUT2D eigenvalue weighted by atomic mass is 9.90. The van der Waals surface area contributed by atoms with E-state index in [1.165, 1.54) is 25.9 Å². The first-order chi connectivity index (χ1) is 8.56. The third-order valence-corrected chi connectivity index (χ3v) is 3.93. The summed E-state index contributed by atoms with van der Waals surface area (Å²) in [6, 6.07) is 0.478. The van der Waals surface area contributed by atoms with Crippen LogP contribution in [0.4, 0.5) is 5.82 Å². The average molecular weight is 248 g/mol. The van der Waals surface area contributed by atoms with Gasteiger partial charge in [-0.3, -0.25) is 0 Å². The van der Waals surface area contributed by atoms with Gasteiger partial charge in [-0.1, -0.05) is 0 Å². The number of aryl methyl sites for hydroxylation is 2. The van der Waals surface area contributed by atoms with Gasteiger partial charge in [0.2, 0.25) is 0 Å². The van der Waals surface area contributed by atoms with Crippen molar-refractivity contribution < 1.29 is 0 Å². The Bertz CT molecular complexity index is 397. The second-order valence-electron chi connectivity index (χ2n) is 5.52. The van der Waals surface area contributed by atoms with E-state index in [-0.39, 0.29) is 0 Å². The first-order valence-electron chi connectivity index (χ1n) is 6.81. The van der Waals surface area contributed by atoms with E-state index in [2.05, 4.69) is 41.1 Å². The number of nitrogens with one attached hydrogen (secondary N) is 1. The molecule has 2 rings (SSSR count). The van der Waals surface area contributed by atoms with Crippen molar-refractivity contribution in [3.63, 3.8) is 0 Å². The molecule has 4 heteroatoms. The number of hydrogen-bond acceptors (Lipinski definition) is 4. The molecule has 1 fully saturated rings. The maximum Gasteiger partial charge on any atom is 0.132 e. The van der Waals surface area contributed by atoms with Gasteiger partial charge in [0.05, 0.1) is 0 Å². The van der Waals surface area contributed by atoms with Gasteiger partial charge >= 0.3 is 0 Å². The highest BCUT2D eigenvalue weighted by atomic mass is 15.1. The van der Waals surface area contributed by atoms with E-state index in [9.17, 15) is 0 Å². The molecule has 1 N–H and O–H groups in total. The largest absolute Gasteiger partial charge is 0.367 e. The number of piperidine rings is 1. The van der Waals surface area contributed by atoms with Crippen molar-refractivity contribution in [1.82, 2.24) is 14.9 Å². The van der Waals surface area contributed by atoms with Crippen LogP contribution in [0.15, 0.2) is 6.20 Å². The molecule has 1 unspecified atom stereocenters. The highest BCUT2D eigenvalue weighted by Crippen LogP contribution is 2.22. The molecule has 2 heterocycles. The van der Waals surface area contributed by atoms with Crippen LogP contribution in [0.5, 0.6) is 0 Å². The highest BCUT2D eigenvalue weighted by molar-refractivity contribution is 5.42. The van der Waals surface area contributed by atoms with E-state index in [0.717, 1.165) is 23.1 Å². The zero-order valence-electron chi connectivity index (χ0n) is 11.9. The van der Waals surface area contributed by atoms with Crippen LogP contribution in [0.3, 0.4) is 0 Å². The van der Waals surface area contributed by atoms with Crippen LogP contribution < -0.4 is 5.32 Å². The molecule has 0 bridgehead atoms. The van der Waals surface area contributed by atoms with E-state index in [1.54, 1.807) is 0 Å². The van der Waals surface area contributed by atoms with E-state index in [1.807, 2.05) is 13.1 Å². The van der Waals surface area contributed by atoms with Crippen LogP contribution in [0, 0.1) is 19.8 Å². The summed E-state index contributed by atoms with van der Waals surface area (Å²) in [5.74, 6) is 2.57. The second kappa shape index (κ2) is 5.65. The Kier molecular flexibility index (Phi) is 4.17. The Morgan fingerprint density at radius 3 is 2.67 bits per heavy atom. The van der Waals surface area contributed by atoms with Crippen molar-refractivity contribution in [2.24, 2.45) is 5.92 Å². The summed E-state index contributed by atoms with van der Waals surface area (Å²) < 4.78 is 0. The van der Waals surface area contributed by atoms with Crippen molar-refractivity contribution in [2.45, 2.75) is 39.7 Å². The molecule has 0 amide bonds. The Morgan fingerprint density at radius 1 is 1.33 bits per heavy atom. The zero-order chi connectivity index (χ0) is 13.1. The summed E-state index contributed by atoms with van der Waals surface area (Å²) in [5.41, 5.74) is 1.13. The third-order valence-electron chi connectivity index (χ3n) is 3.93. The lowest BCUT2D eigenvalue weighted by molar-refractivity contribution is 0.208. The molecule has 1 aliphatic heterocycles. The van der Waals surface area contributed by atoms with Crippen molar-refractivity contribution in [3.05, 3.63) is 17.6 Å². The van der Waals surface area contributed by atoms with Gasteiger partial charge in [-0.2, -0.15) is 0 Å². The monoisotopic (exact) mass is 248 g/mol. The van der Waals surface area contributed by atoms with Crippen molar-refractivity contribution >= 4 is 5.82 Å². The molecule has 0 saturated carbocycles. The smallest absolute Gasteiger partial charge is 0.132 e. The highest BCUT2D eigenvalue weighted by Gasteiger charge is 2.22. The van der Waals surface area contributed by atoms with Gasteiger partial charge in [-0.25, -0.2) is 9.97 Å². The van der Waals surface area contributed by atoms with Gasteiger partial charge in [0.1, 0.15) is 11.6 Å². The van der Waals surface area contributed by atoms with E-state index < -0.39 is 0 Å². The summed E-state index contributed by atoms with van der Waals surface area (Å²) in [4.78, 5) is 11.1. The van der Waals surface area contributed by atoms with Gasteiger partial charge in [0.15, 0.2) is 0 Å². The standard InChI is InChI=1S/C14H24N4/c1-10-9-15-12(3)17-14(10)16-11(2)13-5-7-18(4)8-6-13/h9,11,13H,5-8H2,1-4H3,(H,15,16,17). The Balaban J connectivity index is 1.98. The lowest BCUT2D eigenvalue weighted by Crippen LogP contribution is -2.37. The summed E-state index contributed by atoms with van der Waals surface area (Å²) in [7, 11) is 2.20. The van der Waals surface area contributed by atoms with Crippen LogP contribution in [-0.4, -0.2) is 41.0 Å². The Hall–Kier alpha value is -1.16. The quantitative estimate of drug-likeness (QED) is 0.890. The Morgan fingerprint density at radius 2 is 2.00 bits per heavy atom. The van der Waals surface area contributed by atoms with Gasteiger partial charge in [-0.05, 0) is 59.7 Å². The minimum atomic E-state index is 0.478. The molecule has 18 heavy (non-hydrogen) atoms. The predicted molar refractivity (Wildman–Crippen MR) is 74.8 cm³/mol. The summed E-state index contributed by atoms with van der Waals surface area (Å²) in [6.45, 7) is 8.68. The maximum absolute atomic E-state index is 4.49. The topological polar surface area (TPSA) is 41.1 Å². The molecule has 0 radical (unpaired) electrons. The number of rotatable bonds is 3. The molecule has 0 spiro atoms. The lowest BCUT2D eigenvalue weighted by Gasteiger charge is -2.33. The summed E-state index contributed by atoms with van der Waals surface area (Å²) in [6.07, 6.45) is 4.44. The van der Waals surface area contributed by atoms with Crippen LogP contribution in [-0.2, 0) is 0 Å². The molecule has 1 aromatic rings. The molecule has 1 aromatic heterocycles. The minimum Gasteiger partial charge on any atom is -0.367 e. The zero-order valence-corrected chi connectivity index (χ0v) is 11.9. The van der Waals surface area contributed by atoms with Crippen molar-refractivity contribution in [2.75, 3.05) is 25.5 Å². The first-order valence-corrected chi connectivity index (χ1v) is 6.81. The van der Waals surface area contributed by atoms with Crippen LogP contribution in [0.1, 0.15) is 31.2 Å². The fraction of sp³-hybridized carbons (Fsp3) is 0.714. The molecule has 1 saturated heterocycles. The SMILES string of the molecule is Cc1ncc(C)c(NC(C)C2CCN(C)CC2)n1. The predicted octanol–water partition coefficient (Wildman–Crippen LogP) is 2.24. The molecular formula is C14H24N4. The van der Waals surface area contributed by atoms with Crippen molar-refractivity contribution in [1.29, 1.82) is 0 Å². The molecule has 0 aromatic carbocycles. The number of likely N-dealkylation sites (tertiary alicyclic amines) is 1. The normalized spacial score (nSPS) is 19.8. The molecule has 4 nitrogen and oxygen atoms in total. The number of hydrogen-bond donors (Lipinski definition) is 1. The van der Waals surface area contributed by atoms with Gasteiger partial charge in [-0.15, -0.1) is 0 Å². The maximum atomic E-state index is 4.49.